The standard InChI is InChI=1S/C16H21BrO2/c1-10-6-5-7-11(8-10)14-13(19-16(2,3)4)9-12(18)15(14)17/h5-8,13-15H,9H2,1-4H3/t13-,14+,15?/m0/s1. The van der Waals surface area contributed by atoms with Crippen molar-refractivity contribution in [3.05, 3.63) is 35.4 Å². The van der Waals surface area contributed by atoms with E-state index < -0.39 is 0 Å². The molecule has 19 heavy (non-hydrogen) atoms. The molecule has 0 spiro atoms. The minimum Gasteiger partial charge on any atom is -0.371 e. The van der Waals surface area contributed by atoms with Gasteiger partial charge in [0.25, 0.3) is 0 Å². The third kappa shape index (κ3) is 3.46. The fraction of sp³-hybridized carbons (Fsp3) is 0.562. The Labute approximate surface area is 123 Å². The molecule has 1 aliphatic carbocycles. The predicted molar refractivity (Wildman–Crippen MR) is 80.9 cm³/mol. The summed E-state index contributed by atoms with van der Waals surface area (Å²) in [5, 5.41) is 0. The summed E-state index contributed by atoms with van der Waals surface area (Å²) < 4.78 is 6.10. The summed E-state index contributed by atoms with van der Waals surface area (Å²) in [5.41, 5.74) is 2.16. The van der Waals surface area contributed by atoms with Gasteiger partial charge in [-0.15, -0.1) is 0 Å². The van der Waals surface area contributed by atoms with Crippen molar-refractivity contribution in [2.45, 2.75) is 56.6 Å². The quantitative estimate of drug-likeness (QED) is 0.768. The number of hydrogen-bond donors (Lipinski definition) is 0. The molecule has 0 radical (unpaired) electrons. The summed E-state index contributed by atoms with van der Waals surface area (Å²) in [6, 6.07) is 8.35. The van der Waals surface area contributed by atoms with Gasteiger partial charge < -0.3 is 4.74 Å². The van der Waals surface area contributed by atoms with Crippen LogP contribution in [0.2, 0.25) is 0 Å². The van der Waals surface area contributed by atoms with E-state index in [9.17, 15) is 4.79 Å². The number of aryl methyl sites for hydroxylation is 1. The first-order valence-corrected chi connectivity index (χ1v) is 7.61. The molecule has 1 aliphatic rings. The summed E-state index contributed by atoms with van der Waals surface area (Å²) in [6.07, 6.45) is 0.449. The number of rotatable bonds is 2. The van der Waals surface area contributed by atoms with Crippen molar-refractivity contribution >= 4 is 21.7 Å². The van der Waals surface area contributed by atoms with E-state index in [0.717, 1.165) is 0 Å². The SMILES string of the molecule is Cc1cccc([C@H]2C(Br)C(=O)C[C@@H]2OC(C)(C)C)c1. The lowest BCUT2D eigenvalue weighted by Gasteiger charge is -2.29. The maximum Gasteiger partial charge on any atom is 0.149 e. The lowest BCUT2D eigenvalue weighted by Crippen LogP contribution is -2.30. The summed E-state index contributed by atoms with van der Waals surface area (Å²) in [5.74, 6) is 0.340. The van der Waals surface area contributed by atoms with E-state index in [1.165, 1.54) is 11.1 Å². The number of carbonyl (C=O) groups excluding carboxylic acids is 1. The first-order valence-electron chi connectivity index (χ1n) is 6.69. The molecule has 3 heteroatoms. The highest BCUT2D eigenvalue weighted by molar-refractivity contribution is 9.10. The highest BCUT2D eigenvalue weighted by atomic mass is 79.9. The van der Waals surface area contributed by atoms with Crippen molar-refractivity contribution in [2.24, 2.45) is 0 Å². The molecule has 1 aromatic carbocycles. The molecule has 0 aromatic heterocycles. The third-order valence-electron chi connectivity index (χ3n) is 3.36. The fourth-order valence-corrected chi connectivity index (χ4v) is 3.49. The smallest absolute Gasteiger partial charge is 0.149 e. The number of halogens is 1. The second-order valence-corrected chi connectivity index (χ2v) is 7.27. The van der Waals surface area contributed by atoms with Crippen molar-refractivity contribution in [1.82, 2.24) is 0 Å². The van der Waals surface area contributed by atoms with E-state index in [0.29, 0.717) is 6.42 Å². The van der Waals surface area contributed by atoms with Gasteiger partial charge in [0.1, 0.15) is 5.78 Å². The van der Waals surface area contributed by atoms with Gasteiger partial charge in [0.05, 0.1) is 16.5 Å². The van der Waals surface area contributed by atoms with Gasteiger partial charge in [0.2, 0.25) is 0 Å². The number of hydrogen-bond acceptors (Lipinski definition) is 2. The topological polar surface area (TPSA) is 26.3 Å². The first kappa shape index (κ1) is 14.7. The van der Waals surface area contributed by atoms with Gasteiger partial charge in [-0.3, -0.25) is 4.79 Å². The molecule has 2 nitrogen and oxygen atoms in total. The highest BCUT2D eigenvalue weighted by Crippen LogP contribution is 2.40. The minimum absolute atomic E-state index is 0.0429. The van der Waals surface area contributed by atoms with Gasteiger partial charge in [-0.2, -0.15) is 0 Å². The van der Waals surface area contributed by atoms with Crippen LogP contribution in [-0.2, 0) is 9.53 Å². The highest BCUT2D eigenvalue weighted by Gasteiger charge is 2.44. The fourth-order valence-electron chi connectivity index (χ4n) is 2.66. The molecular formula is C16H21BrO2. The van der Waals surface area contributed by atoms with E-state index in [-0.39, 0.29) is 28.2 Å². The van der Waals surface area contributed by atoms with Gasteiger partial charge >= 0.3 is 0 Å². The van der Waals surface area contributed by atoms with E-state index in [1.807, 2.05) is 26.8 Å². The molecule has 104 valence electrons. The Bertz CT molecular complexity index is 476. The number of alkyl halides is 1. The Morgan fingerprint density at radius 1 is 1.32 bits per heavy atom. The molecule has 1 saturated carbocycles. The van der Waals surface area contributed by atoms with Crippen LogP contribution in [-0.4, -0.2) is 22.3 Å². The van der Waals surface area contributed by atoms with Crippen LogP contribution in [0.15, 0.2) is 24.3 Å². The molecule has 0 N–H and O–H groups in total. The van der Waals surface area contributed by atoms with Crippen LogP contribution in [0.3, 0.4) is 0 Å². The Morgan fingerprint density at radius 2 is 2.00 bits per heavy atom. The molecule has 1 unspecified atom stereocenters. The zero-order valence-corrected chi connectivity index (χ0v) is 13.5. The average molecular weight is 325 g/mol. The molecule has 0 bridgehead atoms. The average Bonchev–Trinajstić information content (AvgIpc) is 2.52. The molecule has 3 atom stereocenters. The number of ketones is 1. The van der Waals surface area contributed by atoms with Crippen molar-refractivity contribution < 1.29 is 9.53 Å². The second-order valence-electron chi connectivity index (χ2n) is 6.28. The molecule has 0 heterocycles. The maximum atomic E-state index is 12.0. The summed E-state index contributed by atoms with van der Waals surface area (Å²) in [7, 11) is 0. The Hall–Kier alpha value is -0.670. The zero-order chi connectivity index (χ0) is 14.2. The van der Waals surface area contributed by atoms with Crippen molar-refractivity contribution in [3.8, 4) is 0 Å². The second kappa shape index (κ2) is 5.37. The van der Waals surface area contributed by atoms with Crippen LogP contribution in [0, 0.1) is 6.92 Å². The van der Waals surface area contributed by atoms with E-state index in [1.54, 1.807) is 0 Å². The summed E-state index contributed by atoms with van der Waals surface area (Å²) >= 11 is 3.55. The number of ether oxygens (including phenoxy) is 1. The zero-order valence-electron chi connectivity index (χ0n) is 11.9. The third-order valence-corrected chi connectivity index (χ3v) is 4.44. The maximum absolute atomic E-state index is 12.0. The lowest BCUT2D eigenvalue weighted by molar-refractivity contribution is -0.119. The van der Waals surface area contributed by atoms with Gasteiger partial charge in [0, 0.05) is 12.3 Å². The van der Waals surface area contributed by atoms with E-state index in [4.69, 9.17) is 4.74 Å². The summed E-state index contributed by atoms with van der Waals surface area (Å²) in [4.78, 5) is 11.9. The van der Waals surface area contributed by atoms with Crippen LogP contribution >= 0.6 is 15.9 Å². The predicted octanol–water partition coefficient (Wildman–Crippen LogP) is 4.00. The Kier molecular flexibility index (Phi) is 4.17. The van der Waals surface area contributed by atoms with Crippen LogP contribution < -0.4 is 0 Å². The van der Waals surface area contributed by atoms with E-state index in [2.05, 4.69) is 41.1 Å². The molecule has 1 aromatic rings. The molecular weight excluding hydrogens is 304 g/mol. The largest absolute Gasteiger partial charge is 0.371 e. The van der Waals surface area contributed by atoms with Gasteiger partial charge in [-0.05, 0) is 33.3 Å². The number of Topliss-reactive ketones (excluding diaryl/α,β-unsaturated/α-hetero) is 1. The number of benzene rings is 1. The van der Waals surface area contributed by atoms with Gasteiger partial charge in [-0.1, -0.05) is 45.8 Å². The van der Waals surface area contributed by atoms with Crippen LogP contribution in [0.5, 0.6) is 0 Å². The van der Waals surface area contributed by atoms with Crippen molar-refractivity contribution in [1.29, 1.82) is 0 Å². The Morgan fingerprint density at radius 3 is 2.58 bits per heavy atom. The monoisotopic (exact) mass is 324 g/mol. The minimum atomic E-state index is -0.232. The van der Waals surface area contributed by atoms with Crippen LogP contribution in [0.1, 0.15) is 44.2 Å². The van der Waals surface area contributed by atoms with Crippen molar-refractivity contribution in [3.63, 3.8) is 0 Å². The molecule has 0 aliphatic heterocycles. The molecule has 0 saturated heterocycles. The summed E-state index contributed by atoms with van der Waals surface area (Å²) in [6.45, 7) is 8.17. The normalized spacial score (nSPS) is 27.8. The lowest BCUT2D eigenvalue weighted by atomic mass is 9.94. The van der Waals surface area contributed by atoms with Gasteiger partial charge in [-0.25, -0.2) is 0 Å². The molecule has 0 amide bonds. The van der Waals surface area contributed by atoms with Crippen LogP contribution in [0.4, 0.5) is 0 Å². The van der Waals surface area contributed by atoms with Crippen molar-refractivity contribution in [2.75, 3.05) is 0 Å². The molecule has 2 rings (SSSR count). The molecule has 1 fully saturated rings. The Balaban J connectivity index is 2.31. The van der Waals surface area contributed by atoms with E-state index >= 15 is 0 Å². The first-order chi connectivity index (χ1) is 8.78. The van der Waals surface area contributed by atoms with Crippen LogP contribution in [0.25, 0.3) is 0 Å². The van der Waals surface area contributed by atoms with Gasteiger partial charge in [0.15, 0.2) is 0 Å². The number of carbonyl (C=O) groups is 1.